The van der Waals surface area contributed by atoms with E-state index < -0.39 is 17.8 Å². The van der Waals surface area contributed by atoms with Crippen LogP contribution in [0, 0.1) is 3.57 Å². The zero-order chi connectivity index (χ0) is 25.1. The predicted octanol–water partition coefficient (Wildman–Crippen LogP) is 5.96. The number of hydrogen-bond acceptors (Lipinski definition) is 5. The van der Waals surface area contributed by atoms with E-state index in [-0.39, 0.29) is 12.2 Å². The third kappa shape index (κ3) is 5.68. The molecule has 7 nitrogen and oxygen atoms in total. The largest absolute Gasteiger partial charge is 0.493 e. The van der Waals surface area contributed by atoms with E-state index in [0.29, 0.717) is 31.3 Å². The van der Waals surface area contributed by atoms with Crippen LogP contribution >= 0.6 is 50.1 Å². The molecule has 1 aliphatic rings. The van der Waals surface area contributed by atoms with Crippen LogP contribution in [0.2, 0.25) is 5.02 Å². The van der Waals surface area contributed by atoms with E-state index in [1.807, 2.05) is 18.2 Å². The minimum atomic E-state index is -0.809. The van der Waals surface area contributed by atoms with E-state index in [9.17, 15) is 14.4 Å². The van der Waals surface area contributed by atoms with Crippen molar-refractivity contribution >= 4 is 79.7 Å². The monoisotopic (exact) mass is 666 g/mol. The summed E-state index contributed by atoms with van der Waals surface area (Å²) < 4.78 is 13.0. The lowest BCUT2D eigenvalue weighted by Crippen LogP contribution is -2.54. The van der Waals surface area contributed by atoms with E-state index in [4.69, 9.17) is 21.1 Å². The maximum atomic E-state index is 13.1. The quantitative estimate of drug-likeness (QED) is 0.199. The first-order chi connectivity index (χ1) is 16.8. The van der Waals surface area contributed by atoms with Crippen molar-refractivity contribution in [2.24, 2.45) is 0 Å². The number of amides is 4. The van der Waals surface area contributed by atoms with Crippen molar-refractivity contribution in [2.75, 3.05) is 12.0 Å². The minimum absolute atomic E-state index is 0.182. The van der Waals surface area contributed by atoms with Crippen LogP contribution in [0.15, 0.2) is 70.7 Å². The molecular formula is C25H17BrClIN2O5. The SMILES string of the molecule is COc1cc(/C=C2\C(=O)NC(=O)N(c3ccc(Br)cc3)C2=O)cc(I)c1OCc1cccc(Cl)c1. The molecule has 1 N–H and O–H groups in total. The van der Waals surface area contributed by atoms with Gasteiger partial charge in [-0.3, -0.25) is 14.9 Å². The fraction of sp³-hybridized carbons (Fsp3) is 0.0800. The molecule has 1 saturated heterocycles. The van der Waals surface area contributed by atoms with Crippen molar-refractivity contribution in [3.8, 4) is 11.5 Å². The van der Waals surface area contributed by atoms with Gasteiger partial charge in [0, 0.05) is 9.50 Å². The molecule has 1 heterocycles. The van der Waals surface area contributed by atoms with Gasteiger partial charge in [-0.1, -0.05) is 39.7 Å². The Morgan fingerprint density at radius 1 is 1.09 bits per heavy atom. The number of anilines is 1. The second-order valence-electron chi connectivity index (χ2n) is 7.39. The van der Waals surface area contributed by atoms with Gasteiger partial charge >= 0.3 is 6.03 Å². The van der Waals surface area contributed by atoms with Gasteiger partial charge < -0.3 is 9.47 Å². The number of methoxy groups -OCH3 is 1. The first-order valence-electron chi connectivity index (χ1n) is 10.2. The summed E-state index contributed by atoms with van der Waals surface area (Å²) >= 11 is 11.5. The molecule has 1 aliphatic heterocycles. The summed E-state index contributed by atoms with van der Waals surface area (Å²) in [7, 11) is 1.50. The number of nitrogens with zero attached hydrogens (tertiary/aromatic N) is 1. The number of ether oxygens (including phenoxy) is 2. The van der Waals surface area contributed by atoms with Crippen molar-refractivity contribution in [1.29, 1.82) is 0 Å². The van der Waals surface area contributed by atoms with Crippen LogP contribution in [0.1, 0.15) is 11.1 Å². The topological polar surface area (TPSA) is 84.9 Å². The summed E-state index contributed by atoms with van der Waals surface area (Å²) in [4.78, 5) is 39.0. The van der Waals surface area contributed by atoms with Gasteiger partial charge in [-0.2, -0.15) is 0 Å². The smallest absolute Gasteiger partial charge is 0.335 e. The van der Waals surface area contributed by atoms with Crippen molar-refractivity contribution in [2.45, 2.75) is 6.61 Å². The zero-order valence-corrected chi connectivity index (χ0v) is 22.7. The van der Waals surface area contributed by atoms with Crippen LogP contribution in [-0.2, 0) is 16.2 Å². The van der Waals surface area contributed by atoms with Gasteiger partial charge in [0.05, 0.1) is 16.4 Å². The number of barbiturate groups is 1. The van der Waals surface area contributed by atoms with Crippen LogP contribution in [-0.4, -0.2) is 25.0 Å². The molecule has 3 aromatic carbocycles. The van der Waals surface area contributed by atoms with E-state index in [1.165, 1.54) is 13.2 Å². The minimum Gasteiger partial charge on any atom is -0.493 e. The summed E-state index contributed by atoms with van der Waals surface area (Å²) in [6.07, 6.45) is 1.42. The number of nitrogens with one attached hydrogen (secondary N) is 1. The van der Waals surface area contributed by atoms with E-state index in [1.54, 1.807) is 42.5 Å². The summed E-state index contributed by atoms with van der Waals surface area (Å²) in [6, 6.07) is 16.5. The Balaban J connectivity index is 1.64. The molecule has 4 rings (SSSR count). The molecule has 1 fully saturated rings. The second kappa shape index (κ2) is 10.8. The lowest BCUT2D eigenvalue weighted by Gasteiger charge is -2.26. The number of halogens is 3. The molecule has 4 amide bonds. The molecule has 178 valence electrons. The van der Waals surface area contributed by atoms with Gasteiger partial charge in [-0.15, -0.1) is 0 Å². The highest BCUT2D eigenvalue weighted by molar-refractivity contribution is 14.1. The predicted molar refractivity (Wildman–Crippen MR) is 145 cm³/mol. The summed E-state index contributed by atoms with van der Waals surface area (Å²) in [5, 5.41) is 2.83. The molecule has 10 heteroatoms. The molecule has 0 unspecified atom stereocenters. The number of urea groups is 1. The average Bonchev–Trinajstić information content (AvgIpc) is 2.82. The maximum Gasteiger partial charge on any atom is 0.335 e. The third-order valence-corrected chi connectivity index (χ3v) is 6.59. The number of benzene rings is 3. The standard InChI is InChI=1S/C25H17BrClIN2O5/c1-34-21-12-15(11-20(28)22(21)35-13-14-3-2-4-17(27)9-14)10-19-23(31)29-25(33)30(24(19)32)18-7-5-16(26)6-8-18/h2-12H,13H2,1H3,(H,29,31,33)/b19-10+. The van der Waals surface area contributed by atoms with Gasteiger partial charge in [-0.25, -0.2) is 9.69 Å². The Kier molecular flexibility index (Phi) is 7.78. The highest BCUT2D eigenvalue weighted by atomic mass is 127. The first-order valence-corrected chi connectivity index (χ1v) is 12.4. The Morgan fingerprint density at radius 2 is 1.83 bits per heavy atom. The number of hydrogen-bond donors (Lipinski definition) is 1. The Bertz CT molecular complexity index is 1360. The van der Waals surface area contributed by atoms with Crippen molar-refractivity contribution in [1.82, 2.24) is 5.32 Å². The average molecular weight is 668 g/mol. The molecular weight excluding hydrogens is 651 g/mol. The van der Waals surface area contributed by atoms with Crippen molar-refractivity contribution in [3.63, 3.8) is 0 Å². The Hall–Kier alpha value is -2.89. The molecule has 35 heavy (non-hydrogen) atoms. The number of imide groups is 2. The van der Waals surface area contributed by atoms with Crippen molar-refractivity contribution < 1.29 is 23.9 Å². The molecule has 0 radical (unpaired) electrons. The number of carbonyl (C=O) groups is 3. The number of carbonyl (C=O) groups excluding carboxylic acids is 3. The maximum absolute atomic E-state index is 13.1. The molecule has 0 bridgehead atoms. The van der Waals surface area contributed by atoms with Crippen LogP contribution in [0.4, 0.5) is 10.5 Å². The highest BCUT2D eigenvalue weighted by Crippen LogP contribution is 2.35. The molecule has 3 aromatic rings. The van der Waals surface area contributed by atoms with Crippen LogP contribution < -0.4 is 19.7 Å². The van der Waals surface area contributed by atoms with Crippen LogP contribution in [0.3, 0.4) is 0 Å². The molecule has 0 atom stereocenters. The van der Waals surface area contributed by atoms with E-state index >= 15 is 0 Å². The van der Waals surface area contributed by atoms with E-state index in [0.717, 1.165) is 14.9 Å². The lowest BCUT2D eigenvalue weighted by molar-refractivity contribution is -0.122. The molecule has 0 aliphatic carbocycles. The summed E-state index contributed by atoms with van der Waals surface area (Å²) in [5.74, 6) is -0.559. The fourth-order valence-electron chi connectivity index (χ4n) is 3.39. The van der Waals surface area contributed by atoms with Gasteiger partial charge in [-0.05, 0) is 88.3 Å². The first kappa shape index (κ1) is 25.2. The van der Waals surface area contributed by atoms with Crippen LogP contribution in [0.5, 0.6) is 11.5 Å². The Morgan fingerprint density at radius 3 is 2.51 bits per heavy atom. The Labute approximate surface area is 228 Å². The van der Waals surface area contributed by atoms with Crippen LogP contribution in [0.25, 0.3) is 6.08 Å². The molecule has 0 saturated carbocycles. The fourth-order valence-corrected chi connectivity index (χ4v) is 4.65. The van der Waals surface area contributed by atoms with Gasteiger partial charge in [0.2, 0.25) is 0 Å². The second-order valence-corrected chi connectivity index (χ2v) is 9.90. The summed E-state index contributed by atoms with van der Waals surface area (Å²) in [6.45, 7) is 0.276. The zero-order valence-electron chi connectivity index (χ0n) is 18.2. The van der Waals surface area contributed by atoms with Gasteiger partial charge in [0.15, 0.2) is 11.5 Å². The molecule has 0 spiro atoms. The third-order valence-electron chi connectivity index (χ3n) is 5.02. The normalized spacial score (nSPS) is 14.8. The lowest BCUT2D eigenvalue weighted by atomic mass is 10.1. The molecule has 0 aromatic heterocycles. The van der Waals surface area contributed by atoms with Gasteiger partial charge in [0.25, 0.3) is 11.8 Å². The summed E-state index contributed by atoms with van der Waals surface area (Å²) in [5.41, 5.74) is 1.58. The van der Waals surface area contributed by atoms with E-state index in [2.05, 4.69) is 43.8 Å². The van der Waals surface area contributed by atoms with Gasteiger partial charge in [0.1, 0.15) is 12.2 Å². The number of rotatable bonds is 6. The van der Waals surface area contributed by atoms with Crippen molar-refractivity contribution in [3.05, 3.63) is 90.4 Å². The highest BCUT2D eigenvalue weighted by Gasteiger charge is 2.36.